The standard InChI is InChI=1S/C45H58N6O10/c1-29(2)21-36(41(54)45(4)28-60-45)47-43(56)38(23-32-13-9-6-10-14-32)51-30(3)22-37(44(51)57)48-42(55)35(16-15-31-11-7-5-8-12-31)46-39(52)25-33-24-34(61-49-33)27-59-40(53)26-50-17-19-58-20-18-50/h5-14,24,29-30,35-38H,15-23,25-28H2,1-4H3,(H,46,52)(H,47,56)(H,48,55)/t30?,35-,36-,37-,38-,45?/m0/s1. The smallest absolute Gasteiger partial charge is 0.320 e. The van der Waals surface area contributed by atoms with Gasteiger partial charge in [-0.3, -0.25) is 33.7 Å². The van der Waals surface area contributed by atoms with Crippen molar-refractivity contribution in [3.63, 3.8) is 0 Å². The molecule has 0 saturated carbocycles. The van der Waals surface area contributed by atoms with Gasteiger partial charge < -0.3 is 39.6 Å². The lowest BCUT2D eigenvalue weighted by atomic mass is 9.92. The van der Waals surface area contributed by atoms with Crippen LogP contribution in [0.3, 0.4) is 0 Å². The van der Waals surface area contributed by atoms with Crippen LogP contribution < -0.4 is 16.0 Å². The lowest BCUT2D eigenvalue weighted by Crippen LogP contribution is -2.57. The third kappa shape index (κ3) is 12.8. The van der Waals surface area contributed by atoms with Gasteiger partial charge in [-0.2, -0.15) is 0 Å². The molecule has 3 aromatic rings. The summed E-state index contributed by atoms with van der Waals surface area (Å²) < 4.78 is 21.4. The normalized spacial score (nSPS) is 21.7. The Balaban J connectivity index is 1.11. The van der Waals surface area contributed by atoms with Crippen molar-refractivity contribution in [3.8, 4) is 0 Å². The van der Waals surface area contributed by atoms with Crippen LogP contribution in [-0.2, 0) is 68.8 Å². The van der Waals surface area contributed by atoms with Gasteiger partial charge in [-0.15, -0.1) is 0 Å². The highest BCUT2D eigenvalue weighted by molar-refractivity contribution is 5.99. The van der Waals surface area contributed by atoms with Gasteiger partial charge in [-0.05, 0) is 56.6 Å². The van der Waals surface area contributed by atoms with Crippen LogP contribution in [0.5, 0.6) is 0 Å². The number of nitrogens with zero attached hydrogens (tertiary/aromatic N) is 3. The number of hydrogen-bond donors (Lipinski definition) is 3. The summed E-state index contributed by atoms with van der Waals surface area (Å²) in [6.45, 7) is 10.2. The molecular formula is C45H58N6O10. The van der Waals surface area contributed by atoms with E-state index < -0.39 is 65.4 Å². The van der Waals surface area contributed by atoms with Crippen LogP contribution in [0, 0.1) is 5.92 Å². The van der Waals surface area contributed by atoms with Gasteiger partial charge in [0.05, 0.1) is 44.5 Å². The third-order valence-corrected chi connectivity index (χ3v) is 11.3. The molecule has 3 N–H and O–H groups in total. The first-order valence-corrected chi connectivity index (χ1v) is 21.2. The van der Waals surface area contributed by atoms with Crippen LogP contribution >= 0.6 is 0 Å². The van der Waals surface area contributed by atoms with Crippen LogP contribution in [0.25, 0.3) is 0 Å². The monoisotopic (exact) mass is 842 g/mol. The fraction of sp³-hybridized carbons (Fsp3) is 0.533. The number of benzene rings is 2. The number of aromatic nitrogens is 1. The first-order valence-electron chi connectivity index (χ1n) is 21.2. The fourth-order valence-electron chi connectivity index (χ4n) is 7.83. The number of morpholine rings is 1. The van der Waals surface area contributed by atoms with Gasteiger partial charge in [-0.25, -0.2) is 0 Å². The second kappa shape index (κ2) is 20.9. The SMILES string of the molecule is CC(C)C[C@H](NC(=O)[C@H](Cc1ccccc1)N1C(=O)[C@@H](NC(=O)[C@H](CCc2ccccc2)NC(=O)Cc2cc(COC(=O)CN3CCOCC3)on2)CC1C)C(=O)C1(C)CO1. The van der Waals surface area contributed by atoms with E-state index in [9.17, 15) is 28.8 Å². The zero-order valence-electron chi connectivity index (χ0n) is 35.4. The first-order chi connectivity index (χ1) is 29.3. The van der Waals surface area contributed by atoms with Gasteiger partial charge in [-0.1, -0.05) is 79.7 Å². The van der Waals surface area contributed by atoms with E-state index in [1.165, 1.54) is 11.0 Å². The van der Waals surface area contributed by atoms with Crippen LogP contribution in [0.4, 0.5) is 0 Å². The maximum atomic E-state index is 14.3. The highest BCUT2D eigenvalue weighted by atomic mass is 16.6. The predicted molar refractivity (Wildman–Crippen MR) is 221 cm³/mol. The zero-order valence-corrected chi connectivity index (χ0v) is 35.4. The van der Waals surface area contributed by atoms with Gasteiger partial charge in [0.1, 0.15) is 23.7 Å². The third-order valence-electron chi connectivity index (χ3n) is 11.3. The lowest BCUT2D eigenvalue weighted by molar-refractivity contribution is -0.148. The molecule has 0 spiro atoms. The van der Waals surface area contributed by atoms with Crippen LogP contribution in [0.15, 0.2) is 71.3 Å². The number of esters is 1. The van der Waals surface area contributed by atoms with E-state index in [0.717, 1.165) is 11.1 Å². The number of ketones is 1. The van der Waals surface area contributed by atoms with Gasteiger partial charge in [0, 0.05) is 31.6 Å². The highest BCUT2D eigenvalue weighted by Crippen LogP contribution is 2.30. The number of likely N-dealkylation sites (tertiary alicyclic amines) is 1. The summed E-state index contributed by atoms with van der Waals surface area (Å²) in [4.78, 5) is 85.3. The van der Waals surface area contributed by atoms with Gasteiger partial charge in [0.25, 0.3) is 0 Å². The highest BCUT2D eigenvalue weighted by Gasteiger charge is 2.51. The van der Waals surface area contributed by atoms with Crippen molar-refractivity contribution < 1.29 is 47.5 Å². The molecule has 3 aliphatic rings. The number of carbonyl (C=O) groups excluding carboxylic acids is 6. The summed E-state index contributed by atoms with van der Waals surface area (Å²) in [5.41, 5.74) is 1.13. The van der Waals surface area contributed by atoms with Crippen molar-refractivity contribution in [2.75, 3.05) is 39.5 Å². The summed E-state index contributed by atoms with van der Waals surface area (Å²) in [6.07, 6.45) is 1.30. The Morgan fingerprint density at radius 1 is 0.934 bits per heavy atom. The van der Waals surface area contributed by atoms with E-state index in [0.29, 0.717) is 39.1 Å². The molecule has 6 rings (SSSR count). The Kier molecular flexibility index (Phi) is 15.4. The van der Waals surface area contributed by atoms with E-state index in [-0.39, 0.29) is 68.6 Å². The number of ether oxygens (including phenoxy) is 3. The Labute approximate surface area is 356 Å². The molecule has 0 radical (unpaired) electrons. The molecule has 0 bridgehead atoms. The molecule has 16 heteroatoms. The number of aryl methyl sites for hydroxylation is 1. The van der Waals surface area contributed by atoms with Crippen molar-refractivity contribution in [1.82, 2.24) is 30.9 Å². The van der Waals surface area contributed by atoms with Crippen LogP contribution in [0.2, 0.25) is 0 Å². The number of Topliss-reactive ketones (excluding diaryl/α,β-unsaturated/α-hetero) is 1. The van der Waals surface area contributed by atoms with Crippen molar-refractivity contribution in [2.24, 2.45) is 5.92 Å². The summed E-state index contributed by atoms with van der Waals surface area (Å²) >= 11 is 0. The van der Waals surface area contributed by atoms with Crippen LogP contribution in [-0.4, -0.2) is 126 Å². The minimum atomic E-state index is -1.02. The number of carbonyl (C=O) groups is 6. The molecule has 328 valence electrons. The number of hydrogen-bond acceptors (Lipinski definition) is 12. The average molecular weight is 843 g/mol. The molecule has 16 nitrogen and oxygen atoms in total. The summed E-state index contributed by atoms with van der Waals surface area (Å²) in [7, 11) is 0. The van der Waals surface area contributed by atoms with Crippen molar-refractivity contribution in [3.05, 3.63) is 89.3 Å². The Morgan fingerprint density at radius 3 is 2.26 bits per heavy atom. The molecule has 0 aliphatic carbocycles. The molecule has 61 heavy (non-hydrogen) atoms. The molecule has 3 saturated heterocycles. The molecule has 2 aromatic carbocycles. The first kappa shape index (κ1) is 45.1. The van der Waals surface area contributed by atoms with Crippen molar-refractivity contribution in [2.45, 2.75) is 109 Å². The Bertz CT molecular complexity index is 1980. The molecule has 1 aromatic heterocycles. The molecular weight excluding hydrogens is 785 g/mol. The second-order valence-corrected chi connectivity index (χ2v) is 16.8. The van der Waals surface area contributed by atoms with Gasteiger partial charge in [0.15, 0.2) is 18.2 Å². The topological polar surface area (TPSA) is 202 Å². The second-order valence-electron chi connectivity index (χ2n) is 16.8. The van der Waals surface area contributed by atoms with E-state index in [1.807, 2.05) is 86.3 Å². The molecule has 3 aliphatic heterocycles. The van der Waals surface area contributed by atoms with Crippen molar-refractivity contribution in [1.29, 1.82) is 0 Å². The van der Waals surface area contributed by atoms with Crippen LogP contribution in [0.1, 0.15) is 69.5 Å². The molecule has 4 heterocycles. The quantitative estimate of drug-likeness (QED) is 0.105. The van der Waals surface area contributed by atoms with E-state index in [2.05, 4.69) is 21.1 Å². The number of amides is 4. The lowest BCUT2D eigenvalue weighted by Gasteiger charge is -2.33. The Morgan fingerprint density at radius 2 is 1.61 bits per heavy atom. The average Bonchev–Trinajstić information content (AvgIpc) is 3.74. The zero-order chi connectivity index (χ0) is 43.5. The summed E-state index contributed by atoms with van der Waals surface area (Å²) in [6, 6.07) is 16.2. The minimum Gasteiger partial charge on any atom is -0.456 e. The van der Waals surface area contributed by atoms with Gasteiger partial charge in [0.2, 0.25) is 23.6 Å². The fourth-order valence-corrected chi connectivity index (χ4v) is 7.83. The van der Waals surface area contributed by atoms with E-state index in [1.54, 1.807) is 6.92 Å². The molecule has 3 fully saturated rings. The maximum absolute atomic E-state index is 14.3. The van der Waals surface area contributed by atoms with E-state index >= 15 is 0 Å². The number of rotatable bonds is 21. The summed E-state index contributed by atoms with van der Waals surface area (Å²) in [5, 5.41) is 12.6. The maximum Gasteiger partial charge on any atom is 0.320 e. The predicted octanol–water partition coefficient (Wildman–Crippen LogP) is 2.32. The number of nitrogens with one attached hydrogen (secondary N) is 3. The molecule has 2 unspecified atom stereocenters. The Hall–Kier alpha value is -5.45. The van der Waals surface area contributed by atoms with E-state index in [4.69, 9.17) is 18.7 Å². The summed E-state index contributed by atoms with van der Waals surface area (Å²) in [5.74, 6) is -2.20. The molecule has 4 amide bonds. The van der Waals surface area contributed by atoms with Crippen molar-refractivity contribution >= 4 is 35.4 Å². The minimum absolute atomic E-state index is 0.0993. The number of epoxide rings is 1. The largest absolute Gasteiger partial charge is 0.456 e. The molecule has 6 atom stereocenters. The van der Waals surface area contributed by atoms with Gasteiger partial charge >= 0.3 is 5.97 Å².